The maximum absolute atomic E-state index is 5.74. The zero-order chi connectivity index (χ0) is 14.2. The number of ether oxygens (including phenoxy) is 2. The van der Waals surface area contributed by atoms with Crippen LogP contribution in [0, 0.1) is 0 Å². The summed E-state index contributed by atoms with van der Waals surface area (Å²) in [4.78, 5) is 7.97. The van der Waals surface area contributed by atoms with E-state index in [4.69, 9.17) is 15.2 Å². The zero-order valence-electron chi connectivity index (χ0n) is 11.4. The Bertz CT molecular complexity index is 810. The highest BCUT2D eigenvalue weighted by molar-refractivity contribution is 5.82. The summed E-state index contributed by atoms with van der Waals surface area (Å²) in [6.07, 6.45) is 0. The summed E-state index contributed by atoms with van der Waals surface area (Å²) in [5.74, 6) is 2.30. The van der Waals surface area contributed by atoms with E-state index in [0.717, 1.165) is 39.5 Å². The first-order valence-electron chi connectivity index (χ1n) is 6.93. The van der Waals surface area contributed by atoms with E-state index in [-0.39, 0.29) is 0 Å². The molecular formula is C16H15N3O2. The van der Waals surface area contributed by atoms with E-state index in [2.05, 4.69) is 9.97 Å². The van der Waals surface area contributed by atoms with Crippen LogP contribution in [-0.2, 0) is 6.54 Å². The summed E-state index contributed by atoms with van der Waals surface area (Å²) in [5.41, 5.74) is 9.56. The maximum atomic E-state index is 5.74. The number of nitrogens with zero attached hydrogens (tertiary/aromatic N) is 1. The van der Waals surface area contributed by atoms with Crippen LogP contribution < -0.4 is 15.2 Å². The number of imidazole rings is 1. The molecule has 1 aromatic heterocycles. The molecule has 3 aromatic rings. The minimum atomic E-state index is 0.516. The largest absolute Gasteiger partial charge is 0.486 e. The average molecular weight is 281 g/mol. The molecule has 0 radical (unpaired) electrons. The fourth-order valence-electron chi connectivity index (χ4n) is 2.57. The van der Waals surface area contributed by atoms with E-state index in [9.17, 15) is 0 Å². The monoisotopic (exact) mass is 281 g/mol. The second-order valence-electron chi connectivity index (χ2n) is 4.97. The number of nitrogens with two attached hydrogens (primary N) is 1. The Morgan fingerprint density at radius 1 is 1.14 bits per heavy atom. The Kier molecular flexibility index (Phi) is 2.79. The molecule has 0 saturated carbocycles. The lowest BCUT2D eigenvalue weighted by Crippen LogP contribution is -2.15. The molecule has 0 bridgehead atoms. The first kappa shape index (κ1) is 12.2. The normalized spacial score (nSPS) is 13.6. The average Bonchev–Trinajstić information content (AvgIpc) is 2.97. The molecule has 0 unspecified atom stereocenters. The number of para-hydroxylation sites is 1. The molecule has 3 N–H and O–H groups in total. The zero-order valence-corrected chi connectivity index (χ0v) is 11.4. The number of nitrogens with one attached hydrogen (secondary N) is 1. The first-order chi connectivity index (χ1) is 10.3. The molecule has 5 heteroatoms. The lowest BCUT2D eigenvalue weighted by atomic mass is 10.1. The quantitative estimate of drug-likeness (QED) is 0.756. The molecule has 2 heterocycles. The van der Waals surface area contributed by atoms with E-state index in [0.29, 0.717) is 19.8 Å². The Morgan fingerprint density at radius 3 is 2.95 bits per heavy atom. The summed E-state index contributed by atoms with van der Waals surface area (Å²) in [7, 11) is 0. The molecule has 1 aliphatic heterocycles. The minimum absolute atomic E-state index is 0.516. The van der Waals surface area contributed by atoms with E-state index in [1.165, 1.54) is 0 Å². The van der Waals surface area contributed by atoms with Gasteiger partial charge in [-0.15, -0.1) is 0 Å². The lowest BCUT2D eigenvalue weighted by molar-refractivity contribution is 0.172. The number of hydrogen-bond acceptors (Lipinski definition) is 4. The van der Waals surface area contributed by atoms with Gasteiger partial charge in [0.25, 0.3) is 0 Å². The fourth-order valence-corrected chi connectivity index (χ4v) is 2.57. The number of aromatic nitrogens is 2. The Labute approximate surface area is 121 Å². The van der Waals surface area contributed by atoms with E-state index >= 15 is 0 Å². The standard InChI is InChI=1S/C16H15N3O2/c17-9-10-4-5-12-13(8-10)19-16(18-12)11-2-1-3-14-15(11)21-7-6-20-14/h1-5,8H,6-7,9,17H2,(H,18,19). The van der Waals surface area contributed by atoms with E-state index < -0.39 is 0 Å². The van der Waals surface area contributed by atoms with Gasteiger partial charge >= 0.3 is 0 Å². The van der Waals surface area contributed by atoms with Crippen molar-refractivity contribution in [3.05, 3.63) is 42.0 Å². The third kappa shape index (κ3) is 2.02. The van der Waals surface area contributed by atoms with Gasteiger partial charge in [0.05, 0.1) is 16.6 Å². The van der Waals surface area contributed by atoms with Gasteiger partial charge in [-0.3, -0.25) is 0 Å². The predicted octanol–water partition coefficient (Wildman–Crippen LogP) is 2.46. The SMILES string of the molecule is NCc1ccc2nc(-c3cccc4c3OCCO4)[nH]c2c1. The van der Waals surface area contributed by atoms with Gasteiger partial charge in [0.1, 0.15) is 19.0 Å². The maximum Gasteiger partial charge on any atom is 0.172 e. The number of hydrogen-bond donors (Lipinski definition) is 2. The highest BCUT2D eigenvalue weighted by Gasteiger charge is 2.18. The molecule has 4 rings (SSSR count). The van der Waals surface area contributed by atoms with Crippen LogP contribution in [-0.4, -0.2) is 23.2 Å². The second kappa shape index (κ2) is 4.79. The molecule has 0 amide bonds. The van der Waals surface area contributed by atoms with E-state index in [1.54, 1.807) is 0 Å². The van der Waals surface area contributed by atoms with Crippen molar-refractivity contribution >= 4 is 11.0 Å². The molecule has 0 spiro atoms. The van der Waals surface area contributed by atoms with Crippen molar-refractivity contribution in [2.45, 2.75) is 6.54 Å². The molecule has 1 aliphatic rings. The minimum Gasteiger partial charge on any atom is -0.486 e. The Hall–Kier alpha value is -2.53. The summed E-state index contributed by atoms with van der Waals surface area (Å²) < 4.78 is 11.4. The van der Waals surface area contributed by atoms with Gasteiger partial charge in [0, 0.05) is 6.54 Å². The van der Waals surface area contributed by atoms with E-state index in [1.807, 2.05) is 36.4 Å². The summed E-state index contributed by atoms with van der Waals surface area (Å²) in [6, 6.07) is 11.8. The van der Waals surface area contributed by atoms with Gasteiger partial charge in [-0.2, -0.15) is 0 Å². The number of fused-ring (bicyclic) bond motifs is 2. The molecule has 2 aromatic carbocycles. The van der Waals surface area contributed by atoms with Crippen molar-refractivity contribution in [1.82, 2.24) is 9.97 Å². The molecule has 0 atom stereocenters. The molecule has 5 nitrogen and oxygen atoms in total. The van der Waals surface area contributed by atoms with Gasteiger partial charge in [-0.1, -0.05) is 12.1 Å². The summed E-state index contributed by atoms with van der Waals surface area (Å²) >= 11 is 0. The number of aromatic amines is 1. The van der Waals surface area contributed by atoms with Crippen LogP contribution in [0.4, 0.5) is 0 Å². The number of H-pyrrole nitrogens is 1. The molecule has 106 valence electrons. The molecule has 21 heavy (non-hydrogen) atoms. The Morgan fingerprint density at radius 2 is 2.05 bits per heavy atom. The Balaban J connectivity index is 1.86. The van der Waals surface area contributed by atoms with Crippen molar-refractivity contribution in [2.24, 2.45) is 5.73 Å². The number of benzene rings is 2. The van der Waals surface area contributed by atoms with Crippen molar-refractivity contribution in [1.29, 1.82) is 0 Å². The topological polar surface area (TPSA) is 73.2 Å². The summed E-state index contributed by atoms with van der Waals surface area (Å²) in [5, 5.41) is 0. The molecular weight excluding hydrogens is 266 g/mol. The van der Waals surface area contributed by atoms with Crippen LogP contribution in [0.5, 0.6) is 11.5 Å². The number of rotatable bonds is 2. The third-order valence-electron chi connectivity index (χ3n) is 3.60. The van der Waals surface area contributed by atoms with Gasteiger partial charge in [-0.05, 0) is 29.8 Å². The van der Waals surface area contributed by atoms with Gasteiger partial charge in [0.2, 0.25) is 0 Å². The highest BCUT2D eigenvalue weighted by atomic mass is 16.6. The molecule has 0 saturated heterocycles. The van der Waals surface area contributed by atoms with Crippen molar-refractivity contribution in [2.75, 3.05) is 13.2 Å². The van der Waals surface area contributed by atoms with Crippen LogP contribution in [0.1, 0.15) is 5.56 Å². The highest BCUT2D eigenvalue weighted by Crippen LogP contribution is 2.39. The van der Waals surface area contributed by atoms with Gasteiger partial charge in [-0.25, -0.2) is 4.98 Å². The van der Waals surface area contributed by atoms with Gasteiger partial charge in [0.15, 0.2) is 11.5 Å². The second-order valence-corrected chi connectivity index (χ2v) is 4.97. The van der Waals surface area contributed by atoms with Crippen molar-refractivity contribution in [3.63, 3.8) is 0 Å². The van der Waals surface area contributed by atoms with Crippen molar-refractivity contribution < 1.29 is 9.47 Å². The third-order valence-corrected chi connectivity index (χ3v) is 3.60. The van der Waals surface area contributed by atoms with Crippen LogP contribution >= 0.6 is 0 Å². The van der Waals surface area contributed by atoms with Crippen LogP contribution in [0.2, 0.25) is 0 Å². The van der Waals surface area contributed by atoms with Crippen LogP contribution in [0.15, 0.2) is 36.4 Å². The first-order valence-corrected chi connectivity index (χ1v) is 6.93. The van der Waals surface area contributed by atoms with Crippen LogP contribution in [0.3, 0.4) is 0 Å². The summed E-state index contributed by atoms with van der Waals surface area (Å²) in [6.45, 7) is 1.65. The predicted molar refractivity (Wildman–Crippen MR) is 80.4 cm³/mol. The van der Waals surface area contributed by atoms with Gasteiger partial charge < -0.3 is 20.2 Å². The fraction of sp³-hybridized carbons (Fsp3) is 0.188. The smallest absolute Gasteiger partial charge is 0.172 e. The lowest BCUT2D eigenvalue weighted by Gasteiger charge is -2.20. The van der Waals surface area contributed by atoms with Crippen LogP contribution in [0.25, 0.3) is 22.4 Å². The van der Waals surface area contributed by atoms with Crippen molar-refractivity contribution in [3.8, 4) is 22.9 Å². The molecule has 0 aliphatic carbocycles. The molecule has 0 fully saturated rings.